The van der Waals surface area contributed by atoms with Crippen molar-refractivity contribution in [2.75, 3.05) is 23.3 Å². The Balaban J connectivity index is 1.49. The number of anilines is 2. The van der Waals surface area contributed by atoms with Gasteiger partial charge in [0.2, 0.25) is 11.8 Å². The predicted octanol–water partition coefficient (Wildman–Crippen LogP) is 5.01. The van der Waals surface area contributed by atoms with E-state index in [1.165, 1.54) is 0 Å². The minimum atomic E-state index is 0.391. The van der Waals surface area contributed by atoms with E-state index in [1.54, 1.807) is 0 Å². The maximum Gasteiger partial charge on any atom is 0.234 e. The second-order valence-corrected chi connectivity index (χ2v) is 7.71. The Kier molecular flexibility index (Phi) is 6.61. The summed E-state index contributed by atoms with van der Waals surface area (Å²) < 4.78 is 5.95. The molecule has 1 aliphatic heterocycles. The van der Waals surface area contributed by atoms with Crippen LogP contribution in [0.2, 0.25) is 5.02 Å². The Labute approximate surface area is 186 Å². The maximum absolute atomic E-state index is 6.21. The van der Waals surface area contributed by atoms with Crippen LogP contribution in [0.15, 0.2) is 60.7 Å². The van der Waals surface area contributed by atoms with Crippen LogP contribution >= 0.6 is 23.8 Å². The Morgan fingerprint density at radius 2 is 1.77 bits per heavy atom. The molecule has 1 saturated heterocycles. The van der Waals surface area contributed by atoms with Gasteiger partial charge in [-0.25, -0.2) is 0 Å². The molecule has 8 heteroatoms. The second-order valence-electron chi connectivity index (χ2n) is 6.90. The van der Waals surface area contributed by atoms with Gasteiger partial charge in [-0.2, -0.15) is 9.97 Å². The van der Waals surface area contributed by atoms with Crippen molar-refractivity contribution < 1.29 is 4.74 Å². The molecule has 1 aliphatic rings. The molecular formula is C22H22ClN5OS. The fourth-order valence-corrected chi connectivity index (χ4v) is 3.57. The smallest absolute Gasteiger partial charge is 0.234 e. The number of benzene rings is 2. The molecule has 0 unspecified atom stereocenters. The standard InChI is InChI=1S/C22H22ClN5OS/c23-18-11-5-4-8-16(18)15-24-22(30)27-21-25-19(28-12-6-7-13-28)14-20(26-21)29-17-9-2-1-3-10-17/h1-5,8-11,14H,6-7,12-13,15H2,(H2,24,25,26,27,30). The molecule has 0 aliphatic carbocycles. The Hall–Kier alpha value is -2.90. The maximum atomic E-state index is 6.21. The minimum Gasteiger partial charge on any atom is -0.439 e. The van der Waals surface area contributed by atoms with E-state index in [4.69, 9.17) is 28.6 Å². The van der Waals surface area contributed by atoms with Crippen molar-refractivity contribution >= 4 is 40.7 Å². The molecule has 0 atom stereocenters. The zero-order valence-corrected chi connectivity index (χ0v) is 17.9. The first-order valence-electron chi connectivity index (χ1n) is 9.82. The van der Waals surface area contributed by atoms with Crippen LogP contribution in [0.3, 0.4) is 0 Å². The minimum absolute atomic E-state index is 0.391. The van der Waals surface area contributed by atoms with Crippen molar-refractivity contribution in [1.29, 1.82) is 0 Å². The summed E-state index contributed by atoms with van der Waals surface area (Å²) in [5.74, 6) is 2.40. The predicted molar refractivity (Wildman–Crippen MR) is 125 cm³/mol. The summed E-state index contributed by atoms with van der Waals surface area (Å²) in [7, 11) is 0. The summed E-state index contributed by atoms with van der Waals surface area (Å²) >= 11 is 11.6. The Bertz CT molecular complexity index is 1010. The van der Waals surface area contributed by atoms with Crippen LogP contribution in [0.5, 0.6) is 11.6 Å². The molecule has 3 aromatic rings. The highest BCUT2D eigenvalue weighted by molar-refractivity contribution is 7.80. The van der Waals surface area contributed by atoms with E-state index in [-0.39, 0.29) is 0 Å². The van der Waals surface area contributed by atoms with E-state index in [2.05, 4.69) is 25.5 Å². The molecule has 4 rings (SSSR count). The summed E-state index contributed by atoms with van der Waals surface area (Å²) in [5, 5.41) is 7.33. The lowest BCUT2D eigenvalue weighted by molar-refractivity contribution is 0.462. The van der Waals surface area contributed by atoms with Gasteiger partial charge in [-0.15, -0.1) is 0 Å². The fraction of sp³-hybridized carbons (Fsp3) is 0.227. The van der Waals surface area contributed by atoms with E-state index >= 15 is 0 Å². The summed E-state index contributed by atoms with van der Waals surface area (Å²) in [5.41, 5.74) is 0.961. The summed E-state index contributed by atoms with van der Waals surface area (Å²) in [6.07, 6.45) is 2.30. The number of hydrogen-bond donors (Lipinski definition) is 2. The molecule has 2 N–H and O–H groups in total. The third-order valence-electron chi connectivity index (χ3n) is 4.71. The Morgan fingerprint density at radius 3 is 2.53 bits per heavy atom. The van der Waals surface area contributed by atoms with Crippen molar-refractivity contribution in [3.63, 3.8) is 0 Å². The largest absolute Gasteiger partial charge is 0.439 e. The van der Waals surface area contributed by atoms with Crippen LogP contribution in [0.25, 0.3) is 0 Å². The van der Waals surface area contributed by atoms with Gasteiger partial charge in [0, 0.05) is 30.7 Å². The third-order valence-corrected chi connectivity index (χ3v) is 5.32. The van der Waals surface area contributed by atoms with Crippen molar-refractivity contribution in [1.82, 2.24) is 15.3 Å². The van der Waals surface area contributed by atoms with E-state index < -0.39 is 0 Å². The summed E-state index contributed by atoms with van der Waals surface area (Å²) in [6.45, 7) is 2.44. The van der Waals surface area contributed by atoms with E-state index in [0.29, 0.717) is 34.3 Å². The molecule has 6 nitrogen and oxygen atoms in total. The zero-order valence-electron chi connectivity index (χ0n) is 16.3. The van der Waals surface area contributed by atoms with Gasteiger partial charge in [-0.05, 0) is 48.8 Å². The highest BCUT2D eigenvalue weighted by Crippen LogP contribution is 2.26. The molecule has 0 saturated carbocycles. The van der Waals surface area contributed by atoms with Crippen molar-refractivity contribution in [3.8, 4) is 11.6 Å². The van der Waals surface area contributed by atoms with Gasteiger partial charge in [0.05, 0.1) is 0 Å². The molecule has 0 bridgehead atoms. The number of nitrogens with zero attached hydrogens (tertiary/aromatic N) is 3. The van der Waals surface area contributed by atoms with Gasteiger partial charge in [0.15, 0.2) is 5.11 Å². The first-order valence-corrected chi connectivity index (χ1v) is 10.6. The number of nitrogens with one attached hydrogen (secondary N) is 2. The van der Waals surface area contributed by atoms with Crippen LogP contribution in [-0.2, 0) is 6.54 Å². The number of aromatic nitrogens is 2. The van der Waals surface area contributed by atoms with Gasteiger partial charge in [0.1, 0.15) is 11.6 Å². The van der Waals surface area contributed by atoms with Gasteiger partial charge >= 0.3 is 0 Å². The highest BCUT2D eigenvalue weighted by Gasteiger charge is 2.17. The highest BCUT2D eigenvalue weighted by atomic mass is 35.5. The zero-order chi connectivity index (χ0) is 20.8. The second kappa shape index (κ2) is 9.73. The molecule has 2 aromatic carbocycles. The molecule has 154 valence electrons. The number of hydrogen-bond acceptors (Lipinski definition) is 5. The number of ether oxygens (including phenoxy) is 1. The van der Waals surface area contributed by atoms with Gasteiger partial charge < -0.3 is 20.3 Å². The molecule has 0 amide bonds. The van der Waals surface area contributed by atoms with E-state index in [9.17, 15) is 0 Å². The van der Waals surface area contributed by atoms with Gasteiger partial charge in [-0.1, -0.05) is 48.0 Å². The number of para-hydroxylation sites is 1. The molecular weight excluding hydrogens is 418 g/mol. The lowest BCUT2D eigenvalue weighted by atomic mass is 10.2. The van der Waals surface area contributed by atoms with Crippen LogP contribution in [0.1, 0.15) is 18.4 Å². The first kappa shape index (κ1) is 20.4. The SMILES string of the molecule is S=C(NCc1ccccc1Cl)Nc1nc(Oc2ccccc2)cc(N2CCCC2)n1. The quantitative estimate of drug-likeness (QED) is 0.523. The molecule has 1 aromatic heterocycles. The third kappa shape index (κ3) is 5.37. The van der Waals surface area contributed by atoms with Crippen LogP contribution in [0.4, 0.5) is 11.8 Å². The van der Waals surface area contributed by atoms with Crippen molar-refractivity contribution in [2.24, 2.45) is 0 Å². The average molecular weight is 440 g/mol. The molecule has 1 fully saturated rings. The number of rotatable bonds is 6. The number of halogens is 1. The Morgan fingerprint density at radius 1 is 1.03 bits per heavy atom. The van der Waals surface area contributed by atoms with Crippen molar-refractivity contribution in [3.05, 3.63) is 71.2 Å². The lowest BCUT2D eigenvalue weighted by Crippen LogP contribution is -2.29. The molecule has 30 heavy (non-hydrogen) atoms. The summed E-state index contributed by atoms with van der Waals surface area (Å²) in [6, 6.07) is 19.1. The monoisotopic (exact) mass is 439 g/mol. The fourth-order valence-electron chi connectivity index (χ4n) is 3.20. The van der Waals surface area contributed by atoms with Crippen LogP contribution < -0.4 is 20.3 Å². The van der Waals surface area contributed by atoms with Crippen LogP contribution in [0, 0.1) is 0 Å². The van der Waals surface area contributed by atoms with Gasteiger partial charge in [0.25, 0.3) is 0 Å². The lowest BCUT2D eigenvalue weighted by Gasteiger charge is -2.18. The molecule has 2 heterocycles. The van der Waals surface area contributed by atoms with Crippen molar-refractivity contribution in [2.45, 2.75) is 19.4 Å². The first-order chi connectivity index (χ1) is 14.7. The van der Waals surface area contributed by atoms with E-state index in [0.717, 1.165) is 37.3 Å². The molecule has 0 radical (unpaired) electrons. The summed E-state index contributed by atoms with van der Waals surface area (Å²) in [4.78, 5) is 11.4. The van der Waals surface area contributed by atoms with Gasteiger partial charge in [-0.3, -0.25) is 0 Å². The topological polar surface area (TPSA) is 62.3 Å². The van der Waals surface area contributed by atoms with Crippen LogP contribution in [-0.4, -0.2) is 28.2 Å². The molecule has 0 spiro atoms. The average Bonchev–Trinajstić information content (AvgIpc) is 3.29. The van der Waals surface area contributed by atoms with E-state index in [1.807, 2.05) is 60.7 Å². The normalized spacial score (nSPS) is 13.2. The number of thiocarbonyl (C=S) groups is 1.